The van der Waals surface area contributed by atoms with Gasteiger partial charge in [0, 0.05) is 44.1 Å². The molecule has 0 atom stereocenters. The number of nitrogens with one attached hydrogen (secondary N) is 2. The third-order valence-corrected chi connectivity index (χ3v) is 4.13. The number of benzene rings is 1. The first-order valence-electron chi connectivity index (χ1n) is 8.64. The molecule has 1 aliphatic rings. The highest BCUT2D eigenvalue weighted by Gasteiger charge is 2.10. The summed E-state index contributed by atoms with van der Waals surface area (Å²) < 4.78 is 15.9. The fourth-order valence-electron chi connectivity index (χ4n) is 2.73. The molecule has 2 aromatic rings. The van der Waals surface area contributed by atoms with E-state index in [9.17, 15) is 0 Å². The highest BCUT2D eigenvalue weighted by atomic mass is 16.5. The summed E-state index contributed by atoms with van der Waals surface area (Å²) in [5.74, 6) is 2.66. The first-order chi connectivity index (χ1) is 12.8. The highest BCUT2D eigenvalue weighted by molar-refractivity contribution is 5.61. The van der Waals surface area contributed by atoms with Gasteiger partial charge in [-0.2, -0.15) is 4.98 Å². The lowest BCUT2D eigenvalue weighted by Gasteiger charge is -2.26. The van der Waals surface area contributed by atoms with Gasteiger partial charge in [0.1, 0.15) is 5.82 Å². The highest BCUT2D eigenvalue weighted by Crippen LogP contribution is 2.30. The molecule has 1 aromatic heterocycles. The second kappa shape index (κ2) is 9.21. The molecule has 1 saturated heterocycles. The summed E-state index contributed by atoms with van der Waals surface area (Å²) >= 11 is 0. The zero-order chi connectivity index (χ0) is 18.2. The third-order valence-electron chi connectivity index (χ3n) is 4.13. The van der Waals surface area contributed by atoms with Crippen LogP contribution in [0.15, 0.2) is 30.5 Å². The van der Waals surface area contributed by atoms with E-state index in [-0.39, 0.29) is 0 Å². The first kappa shape index (κ1) is 18.2. The molecule has 1 fully saturated rings. The van der Waals surface area contributed by atoms with E-state index in [0.717, 1.165) is 45.1 Å². The Balaban J connectivity index is 1.56. The number of nitrogens with zero attached hydrogens (tertiary/aromatic N) is 3. The van der Waals surface area contributed by atoms with Gasteiger partial charge in [0.2, 0.25) is 5.95 Å². The smallest absolute Gasteiger partial charge is 0.224 e. The van der Waals surface area contributed by atoms with Gasteiger partial charge in [-0.3, -0.25) is 4.90 Å². The fourth-order valence-corrected chi connectivity index (χ4v) is 2.73. The standard InChI is InChI=1S/C18H25N5O3/c1-24-15-4-3-14(13-16(15)25-2)21-17-5-6-19-18(22-17)20-7-8-23-9-11-26-12-10-23/h3-6,13H,7-12H2,1-2H3,(H2,19,20,21,22). The van der Waals surface area contributed by atoms with Gasteiger partial charge in [-0.05, 0) is 18.2 Å². The monoisotopic (exact) mass is 359 g/mol. The van der Waals surface area contributed by atoms with Crippen molar-refractivity contribution in [3.05, 3.63) is 30.5 Å². The minimum absolute atomic E-state index is 0.601. The zero-order valence-corrected chi connectivity index (χ0v) is 15.2. The predicted molar refractivity (Wildman–Crippen MR) is 101 cm³/mol. The topological polar surface area (TPSA) is 80.8 Å². The largest absolute Gasteiger partial charge is 0.493 e. The van der Waals surface area contributed by atoms with Crippen molar-refractivity contribution in [1.82, 2.24) is 14.9 Å². The Labute approximate surface area is 153 Å². The summed E-state index contributed by atoms with van der Waals surface area (Å²) in [6.07, 6.45) is 1.73. The van der Waals surface area contributed by atoms with E-state index in [1.807, 2.05) is 24.3 Å². The number of aromatic nitrogens is 2. The molecule has 0 saturated carbocycles. The Hall–Kier alpha value is -2.58. The van der Waals surface area contributed by atoms with Crippen LogP contribution in [0.4, 0.5) is 17.5 Å². The summed E-state index contributed by atoms with van der Waals surface area (Å²) in [5, 5.41) is 6.53. The SMILES string of the molecule is COc1ccc(Nc2ccnc(NCCN3CCOCC3)n2)cc1OC. The van der Waals surface area contributed by atoms with Crippen molar-refractivity contribution in [2.24, 2.45) is 0 Å². The van der Waals surface area contributed by atoms with Crippen molar-refractivity contribution >= 4 is 17.5 Å². The van der Waals surface area contributed by atoms with Crippen LogP contribution in [0, 0.1) is 0 Å². The number of hydrogen-bond donors (Lipinski definition) is 2. The molecule has 140 valence electrons. The van der Waals surface area contributed by atoms with Gasteiger partial charge in [-0.25, -0.2) is 4.98 Å². The average molecular weight is 359 g/mol. The quantitative estimate of drug-likeness (QED) is 0.741. The molecule has 0 unspecified atom stereocenters. The molecule has 2 N–H and O–H groups in total. The molecule has 3 rings (SSSR count). The second-order valence-electron chi connectivity index (χ2n) is 5.84. The van der Waals surface area contributed by atoms with E-state index < -0.39 is 0 Å². The van der Waals surface area contributed by atoms with Gasteiger partial charge in [0.25, 0.3) is 0 Å². The summed E-state index contributed by atoms with van der Waals surface area (Å²) in [6, 6.07) is 7.45. The molecule has 0 bridgehead atoms. The lowest BCUT2D eigenvalue weighted by molar-refractivity contribution is 0.0398. The molecule has 1 aliphatic heterocycles. The van der Waals surface area contributed by atoms with Crippen molar-refractivity contribution in [2.75, 3.05) is 64.2 Å². The number of anilines is 3. The number of hydrogen-bond acceptors (Lipinski definition) is 8. The molecule has 26 heavy (non-hydrogen) atoms. The van der Waals surface area contributed by atoms with E-state index in [1.54, 1.807) is 20.4 Å². The summed E-state index contributed by atoms with van der Waals surface area (Å²) in [5.41, 5.74) is 0.862. The van der Waals surface area contributed by atoms with E-state index >= 15 is 0 Å². The number of morpholine rings is 1. The van der Waals surface area contributed by atoms with E-state index in [1.165, 1.54) is 0 Å². The number of rotatable bonds is 8. The van der Waals surface area contributed by atoms with Gasteiger partial charge < -0.3 is 24.8 Å². The second-order valence-corrected chi connectivity index (χ2v) is 5.84. The van der Waals surface area contributed by atoms with Gasteiger partial charge in [-0.15, -0.1) is 0 Å². The van der Waals surface area contributed by atoms with Crippen molar-refractivity contribution in [3.63, 3.8) is 0 Å². The molecule has 0 amide bonds. The van der Waals surface area contributed by atoms with Gasteiger partial charge in [-0.1, -0.05) is 0 Å². The molecule has 8 heteroatoms. The maximum absolute atomic E-state index is 5.36. The van der Waals surface area contributed by atoms with Crippen LogP contribution < -0.4 is 20.1 Å². The van der Waals surface area contributed by atoms with Crippen LogP contribution in [0.1, 0.15) is 0 Å². The van der Waals surface area contributed by atoms with Crippen molar-refractivity contribution < 1.29 is 14.2 Å². The Morgan fingerprint density at radius 3 is 2.69 bits per heavy atom. The molecular formula is C18H25N5O3. The molecule has 2 heterocycles. The van der Waals surface area contributed by atoms with Crippen LogP contribution in [0.5, 0.6) is 11.5 Å². The molecular weight excluding hydrogens is 334 g/mol. The Morgan fingerprint density at radius 1 is 1.12 bits per heavy atom. The lowest BCUT2D eigenvalue weighted by atomic mass is 10.2. The maximum atomic E-state index is 5.36. The summed E-state index contributed by atoms with van der Waals surface area (Å²) in [4.78, 5) is 11.1. The molecule has 0 radical (unpaired) electrons. The van der Waals surface area contributed by atoms with Crippen LogP contribution >= 0.6 is 0 Å². The van der Waals surface area contributed by atoms with Crippen molar-refractivity contribution in [2.45, 2.75) is 0 Å². The van der Waals surface area contributed by atoms with Crippen molar-refractivity contribution in [3.8, 4) is 11.5 Å². The zero-order valence-electron chi connectivity index (χ0n) is 15.2. The van der Waals surface area contributed by atoms with Gasteiger partial charge >= 0.3 is 0 Å². The third kappa shape index (κ3) is 4.96. The van der Waals surface area contributed by atoms with Crippen LogP contribution in [0.3, 0.4) is 0 Å². The van der Waals surface area contributed by atoms with Crippen LogP contribution in [-0.4, -0.2) is 68.5 Å². The van der Waals surface area contributed by atoms with E-state index in [4.69, 9.17) is 14.2 Å². The molecule has 1 aromatic carbocycles. The fraction of sp³-hybridized carbons (Fsp3) is 0.444. The lowest BCUT2D eigenvalue weighted by Crippen LogP contribution is -2.39. The van der Waals surface area contributed by atoms with Crippen LogP contribution in [0.25, 0.3) is 0 Å². The van der Waals surface area contributed by atoms with E-state index in [2.05, 4.69) is 25.5 Å². The van der Waals surface area contributed by atoms with Crippen LogP contribution in [0.2, 0.25) is 0 Å². The Kier molecular flexibility index (Phi) is 6.45. The maximum Gasteiger partial charge on any atom is 0.224 e. The molecule has 8 nitrogen and oxygen atoms in total. The van der Waals surface area contributed by atoms with E-state index in [0.29, 0.717) is 23.3 Å². The predicted octanol–water partition coefficient (Wildman–Crippen LogP) is 1.98. The normalized spacial score (nSPS) is 14.7. The molecule has 0 aliphatic carbocycles. The minimum atomic E-state index is 0.601. The Bertz CT molecular complexity index is 707. The number of ether oxygens (including phenoxy) is 3. The summed E-state index contributed by atoms with van der Waals surface area (Å²) in [6.45, 7) is 5.30. The first-order valence-corrected chi connectivity index (χ1v) is 8.64. The summed E-state index contributed by atoms with van der Waals surface area (Å²) in [7, 11) is 3.23. The molecule has 0 spiro atoms. The van der Waals surface area contributed by atoms with Crippen molar-refractivity contribution in [1.29, 1.82) is 0 Å². The van der Waals surface area contributed by atoms with Gasteiger partial charge in [0.15, 0.2) is 11.5 Å². The number of methoxy groups -OCH3 is 2. The van der Waals surface area contributed by atoms with Gasteiger partial charge in [0.05, 0.1) is 27.4 Å². The average Bonchev–Trinajstić information content (AvgIpc) is 2.69. The van der Waals surface area contributed by atoms with Crippen LogP contribution in [-0.2, 0) is 4.74 Å². The Morgan fingerprint density at radius 2 is 1.92 bits per heavy atom. The minimum Gasteiger partial charge on any atom is -0.493 e.